The summed E-state index contributed by atoms with van der Waals surface area (Å²) >= 11 is 5.65. The molecule has 0 saturated heterocycles. The van der Waals surface area contributed by atoms with Crippen molar-refractivity contribution in [1.29, 1.82) is 0 Å². The van der Waals surface area contributed by atoms with Crippen LogP contribution in [0.3, 0.4) is 0 Å². The Morgan fingerprint density at radius 2 is 1.77 bits per heavy atom. The van der Waals surface area contributed by atoms with Crippen molar-refractivity contribution in [3.05, 3.63) is 64.7 Å². The van der Waals surface area contributed by atoms with Gasteiger partial charge in [-0.2, -0.15) is 0 Å². The quantitative estimate of drug-likeness (QED) is 0.650. The van der Waals surface area contributed by atoms with E-state index in [1.54, 1.807) is 0 Å². The molecule has 2 aromatic rings. The van der Waals surface area contributed by atoms with Gasteiger partial charge in [0.2, 0.25) is 0 Å². The maximum Gasteiger partial charge on any atom is 0.171 e. The van der Waals surface area contributed by atoms with E-state index >= 15 is 0 Å². The van der Waals surface area contributed by atoms with Crippen LogP contribution in [0.2, 0.25) is 0 Å². The lowest BCUT2D eigenvalue weighted by molar-refractivity contribution is 0.362. The highest BCUT2D eigenvalue weighted by atomic mass is 32.1. The fourth-order valence-corrected chi connectivity index (χ4v) is 4.30. The molecule has 3 heteroatoms. The van der Waals surface area contributed by atoms with Crippen LogP contribution in [-0.2, 0) is 6.42 Å². The molecular weight excluding hydrogens is 336 g/mol. The number of hydrogen-bond donors (Lipinski definition) is 2. The smallest absolute Gasteiger partial charge is 0.171 e. The minimum absolute atomic E-state index is 0.133. The van der Waals surface area contributed by atoms with Crippen LogP contribution in [0, 0.1) is 20.8 Å². The molecule has 2 nitrogen and oxygen atoms in total. The Bertz CT molecular complexity index is 776. The third kappa shape index (κ3) is 4.85. The first-order chi connectivity index (χ1) is 12.5. The highest BCUT2D eigenvalue weighted by molar-refractivity contribution is 7.80. The van der Waals surface area contributed by atoms with Crippen LogP contribution < -0.4 is 10.6 Å². The Kier molecular flexibility index (Phi) is 5.98. The molecule has 0 aliphatic heterocycles. The fraction of sp³-hybridized carbons (Fsp3) is 0.435. The Balaban J connectivity index is 1.63. The molecule has 3 rings (SSSR count). The van der Waals surface area contributed by atoms with Gasteiger partial charge in [-0.25, -0.2) is 0 Å². The van der Waals surface area contributed by atoms with Crippen molar-refractivity contribution < 1.29 is 0 Å². The Morgan fingerprint density at radius 3 is 2.46 bits per heavy atom. The summed E-state index contributed by atoms with van der Waals surface area (Å²) in [5, 5.41) is 7.82. The Hall–Kier alpha value is -1.87. The number of rotatable bonds is 5. The van der Waals surface area contributed by atoms with Gasteiger partial charge in [-0.3, -0.25) is 0 Å². The predicted molar refractivity (Wildman–Crippen MR) is 116 cm³/mol. The SMILES string of the molecule is Cc1cccc(CCC2(NC(=S)Nc3ccc(C)c(C)c3)CCCC2)c1. The topological polar surface area (TPSA) is 24.1 Å². The van der Waals surface area contributed by atoms with Gasteiger partial charge in [0.15, 0.2) is 5.11 Å². The van der Waals surface area contributed by atoms with Gasteiger partial charge in [-0.1, -0.05) is 48.7 Å². The molecule has 26 heavy (non-hydrogen) atoms. The number of hydrogen-bond acceptors (Lipinski definition) is 1. The number of thiocarbonyl (C=S) groups is 1. The van der Waals surface area contributed by atoms with Crippen molar-refractivity contribution in [2.24, 2.45) is 0 Å². The van der Waals surface area contributed by atoms with Gasteiger partial charge in [-0.05, 0) is 87.5 Å². The number of nitrogens with one attached hydrogen (secondary N) is 2. The first-order valence-electron chi connectivity index (χ1n) is 9.68. The third-order valence-electron chi connectivity index (χ3n) is 5.68. The molecule has 0 heterocycles. The molecule has 0 unspecified atom stereocenters. The minimum Gasteiger partial charge on any atom is -0.357 e. The standard InChI is InChI=1S/C23H30N2S/c1-17-7-6-8-20(15-17)11-14-23(12-4-5-13-23)25-22(26)24-21-10-9-18(2)19(3)16-21/h6-10,15-16H,4-5,11-14H2,1-3H3,(H2,24,25,26). The van der Waals surface area contributed by atoms with E-state index in [1.807, 2.05) is 0 Å². The van der Waals surface area contributed by atoms with Crippen LogP contribution >= 0.6 is 12.2 Å². The summed E-state index contributed by atoms with van der Waals surface area (Å²) in [4.78, 5) is 0. The summed E-state index contributed by atoms with van der Waals surface area (Å²) in [5.41, 5.74) is 6.55. The van der Waals surface area contributed by atoms with Gasteiger partial charge >= 0.3 is 0 Å². The summed E-state index contributed by atoms with van der Waals surface area (Å²) in [6.07, 6.45) is 7.20. The van der Waals surface area contributed by atoms with Gasteiger partial charge in [0.25, 0.3) is 0 Å². The summed E-state index contributed by atoms with van der Waals surface area (Å²) in [6.45, 7) is 6.43. The van der Waals surface area contributed by atoms with Crippen molar-refractivity contribution in [3.63, 3.8) is 0 Å². The van der Waals surface area contributed by atoms with Gasteiger partial charge < -0.3 is 10.6 Å². The molecule has 1 saturated carbocycles. The second-order valence-electron chi connectivity index (χ2n) is 7.85. The first-order valence-corrected chi connectivity index (χ1v) is 10.1. The van der Waals surface area contributed by atoms with E-state index in [0.29, 0.717) is 0 Å². The van der Waals surface area contributed by atoms with Crippen molar-refractivity contribution >= 4 is 23.0 Å². The molecule has 1 fully saturated rings. The first kappa shape index (κ1) is 18.9. The van der Waals surface area contributed by atoms with E-state index in [-0.39, 0.29) is 5.54 Å². The molecule has 2 N–H and O–H groups in total. The molecule has 2 aromatic carbocycles. The van der Waals surface area contributed by atoms with Gasteiger partial charge in [0.1, 0.15) is 0 Å². The summed E-state index contributed by atoms with van der Waals surface area (Å²) in [6, 6.07) is 15.3. The van der Waals surface area contributed by atoms with Gasteiger partial charge in [0, 0.05) is 11.2 Å². The van der Waals surface area contributed by atoms with E-state index in [9.17, 15) is 0 Å². The van der Waals surface area contributed by atoms with Crippen molar-refractivity contribution in [1.82, 2.24) is 5.32 Å². The van der Waals surface area contributed by atoms with Crippen LogP contribution in [0.1, 0.15) is 54.4 Å². The zero-order chi connectivity index (χ0) is 18.6. The molecule has 1 aliphatic rings. The highest BCUT2D eigenvalue weighted by Gasteiger charge is 2.34. The zero-order valence-corrected chi connectivity index (χ0v) is 17.0. The van der Waals surface area contributed by atoms with E-state index in [0.717, 1.165) is 23.6 Å². The fourth-order valence-electron chi connectivity index (χ4n) is 3.96. The maximum atomic E-state index is 5.65. The van der Waals surface area contributed by atoms with Crippen LogP contribution in [-0.4, -0.2) is 10.7 Å². The lowest BCUT2D eigenvalue weighted by atomic mass is 9.89. The van der Waals surface area contributed by atoms with E-state index in [1.165, 1.54) is 47.9 Å². The van der Waals surface area contributed by atoms with Crippen molar-refractivity contribution in [2.75, 3.05) is 5.32 Å². The zero-order valence-electron chi connectivity index (χ0n) is 16.2. The number of aryl methyl sites for hydroxylation is 4. The van der Waals surface area contributed by atoms with E-state index in [4.69, 9.17) is 12.2 Å². The van der Waals surface area contributed by atoms with Gasteiger partial charge in [0.05, 0.1) is 0 Å². The molecule has 0 atom stereocenters. The second kappa shape index (κ2) is 8.22. The third-order valence-corrected chi connectivity index (χ3v) is 5.88. The number of anilines is 1. The van der Waals surface area contributed by atoms with Gasteiger partial charge in [-0.15, -0.1) is 0 Å². The maximum absolute atomic E-state index is 5.65. The van der Waals surface area contributed by atoms with Crippen LogP contribution in [0.25, 0.3) is 0 Å². The minimum atomic E-state index is 0.133. The molecule has 0 spiro atoms. The molecule has 0 bridgehead atoms. The second-order valence-corrected chi connectivity index (χ2v) is 8.26. The molecule has 0 amide bonds. The predicted octanol–water partition coefficient (Wildman–Crippen LogP) is 5.84. The van der Waals surface area contributed by atoms with E-state index < -0.39 is 0 Å². The van der Waals surface area contributed by atoms with Crippen LogP contribution in [0.4, 0.5) is 5.69 Å². The average Bonchev–Trinajstić information content (AvgIpc) is 3.05. The van der Waals surface area contributed by atoms with Crippen LogP contribution in [0.5, 0.6) is 0 Å². The van der Waals surface area contributed by atoms with Crippen molar-refractivity contribution in [3.8, 4) is 0 Å². The Morgan fingerprint density at radius 1 is 1.00 bits per heavy atom. The lowest BCUT2D eigenvalue weighted by Crippen LogP contribution is -2.48. The van der Waals surface area contributed by atoms with E-state index in [2.05, 4.69) is 73.9 Å². The normalized spacial score (nSPS) is 15.7. The molecule has 0 aromatic heterocycles. The van der Waals surface area contributed by atoms with Crippen molar-refractivity contribution in [2.45, 2.75) is 64.8 Å². The van der Waals surface area contributed by atoms with Crippen LogP contribution in [0.15, 0.2) is 42.5 Å². The molecule has 138 valence electrons. The lowest BCUT2D eigenvalue weighted by Gasteiger charge is -2.32. The largest absolute Gasteiger partial charge is 0.357 e. The summed E-state index contributed by atoms with van der Waals surface area (Å²) in [5.74, 6) is 0. The average molecular weight is 367 g/mol. The monoisotopic (exact) mass is 366 g/mol. The summed E-state index contributed by atoms with van der Waals surface area (Å²) in [7, 11) is 0. The molecule has 1 aliphatic carbocycles. The summed E-state index contributed by atoms with van der Waals surface area (Å²) < 4.78 is 0. The Labute approximate surface area is 163 Å². The highest BCUT2D eigenvalue weighted by Crippen LogP contribution is 2.34. The molecule has 0 radical (unpaired) electrons. The molecular formula is C23H30N2S. The number of benzene rings is 2.